The fraction of sp³-hybridized carbons (Fsp3) is 0.733. The van der Waals surface area contributed by atoms with E-state index in [1.165, 1.54) is 12.8 Å². The molecule has 21 heavy (non-hydrogen) atoms. The predicted molar refractivity (Wildman–Crippen MR) is 77.9 cm³/mol. The van der Waals surface area contributed by atoms with Crippen LogP contribution in [0.25, 0.3) is 0 Å². The lowest BCUT2D eigenvalue weighted by atomic mass is 9.75. The van der Waals surface area contributed by atoms with E-state index in [-0.39, 0.29) is 5.91 Å². The molecule has 2 aliphatic heterocycles. The lowest BCUT2D eigenvalue weighted by Crippen LogP contribution is -2.49. The van der Waals surface area contributed by atoms with Crippen molar-refractivity contribution in [3.63, 3.8) is 0 Å². The van der Waals surface area contributed by atoms with Gasteiger partial charge in [-0.1, -0.05) is 0 Å². The average Bonchev–Trinajstić information content (AvgIpc) is 3.01. The number of rotatable bonds is 4. The zero-order chi connectivity index (χ0) is 14.3. The quantitative estimate of drug-likeness (QED) is 0.770. The van der Waals surface area contributed by atoms with E-state index < -0.39 is 5.41 Å². The molecule has 2 atom stereocenters. The standard InChI is InChI=1S/C15H22N4O2/c20-14(15-8-16-7-11(15)3-4-21-9-15)17-13-6-12(18-19-13)5-10-1-2-10/h6,10-11,16H,1-5,7-9H2,(H2,17,18,19,20)/t11-,15+/m1/s1. The van der Waals surface area contributed by atoms with Crippen LogP contribution in [0.15, 0.2) is 6.07 Å². The van der Waals surface area contributed by atoms with Crippen LogP contribution in [0.1, 0.15) is 25.0 Å². The Labute approximate surface area is 124 Å². The highest BCUT2D eigenvalue weighted by Crippen LogP contribution is 2.38. The number of nitrogens with one attached hydrogen (secondary N) is 3. The van der Waals surface area contributed by atoms with E-state index in [1.807, 2.05) is 6.07 Å². The highest BCUT2D eigenvalue weighted by atomic mass is 16.5. The van der Waals surface area contributed by atoms with Crippen molar-refractivity contribution in [2.45, 2.75) is 25.7 Å². The molecule has 3 heterocycles. The molecule has 3 N–H and O–H groups in total. The molecule has 3 fully saturated rings. The Balaban J connectivity index is 1.45. The van der Waals surface area contributed by atoms with Gasteiger partial charge in [-0.2, -0.15) is 5.10 Å². The molecule has 3 aliphatic rings. The van der Waals surface area contributed by atoms with Crippen LogP contribution in [0.3, 0.4) is 0 Å². The summed E-state index contributed by atoms with van der Waals surface area (Å²) in [4.78, 5) is 12.7. The van der Waals surface area contributed by atoms with Crippen LogP contribution in [0.4, 0.5) is 5.82 Å². The second-order valence-corrected chi connectivity index (χ2v) is 6.71. The van der Waals surface area contributed by atoms with E-state index in [0.717, 1.165) is 37.6 Å². The topological polar surface area (TPSA) is 79.0 Å². The molecule has 0 bridgehead atoms. The van der Waals surface area contributed by atoms with Gasteiger partial charge in [-0.25, -0.2) is 0 Å². The summed E-state index contributed by atoms with van der Waals surface area (Å²) < 4.78 is 5.58. The van der Waals surface area contributed by atoms with Crippen molar-refractivity contribution in [1.29, 1.82) is 0 Å². The Morgan fingerprint density at radius 3 is 3.24 bits per heavy atom. The first kappa shape index (κ1) is 13.3. The Bertz CT molecular complexity index is 540. The van der Waals surface area contributed by atoms with Crippen molar-refractivity contribution in [3.05, 3.63) is 11.8 Å². The molecular formula is C15H22N4O2. The van der Waals surface area contributed by atoms with Gasteiger partial charge in [0.2, 0.25) is 5.91 Å². The summed E-state index contributed by atoms with van der Waals surface area (Å²) in [5.41, 5.74) is 0.694. The molecule has 0 radical (unpaired) electrons. The van der Waals surface area contributed by atoms with Crippen LogP contribution < -0.4 is 10.6 Å². The zero-order valence-corrected chi connectivity index (χ0v) is 12.2. The molecule has 1 aromatic heterocycles. The fourth-order valence-corrected chi connectivity index (χ4v) is 3.57. The highest BCUT2D eigenvalue weighted by molar-refractivity contribution is 5.95. The maximum Gasteiger partial charge on any atom is 0.235 e. The van der Waals surface area contributed by atoms with Crippen molar-refractivity contribution < 1.29 is 9.53 Å². The maximum atomic E-state index is 12.7. The number of aromatic amines is 1. The van der Waals surface area contributed by atoms with Gasteiger partial charge in [0.05, 0.1) is 12.0 Å². The molecule has 4 rings (SSSR count). The molecule has 2 saturated heterocycles. The SMILES string of the molecule is O=C(Nc1cc(CC2CC2)[nH]n1)[C@]12CNC[C@H]1CCOC2. The first-order valence-electron chi connectivity index (χ1n) is 7.90. The third-order valence-electron chi connectivity index (χ3n) is 5.11. The number of H-pyrrole nitrogens is 1. The summed E-state index contributed by atoms with van der Waals surface area (Å²) in [6.45, 7) is 2.87. The average molecular weight is 290 g/mol. The summed E-state index contributed by atoms with van der Waals surface area (Å²) in [6, 6.07) is 1.97. The van der Waals surface area contributed by atoms with Gasteiger partial charge in [-0.15, -0.1) is 0 Å². The maximum absolute atomic E-state index is 12.7. The normalized spacial score (nSPS) is 31.9. The summed E-state index contributed by atoms with van der Waals surface area (Å²) in [7, 11) is 0. The predicted octanol–water partition coefficient (Wildman–Crippen LogP) is 0.927. The number of ether oxygens (including phenoxy) is 1. The summed E-state index contributed by atoms with van der Waals surface area (Å²) >= 11 is 0. The lowest BCUT2D eigenvalue weighted by molar-refractivity contribution is -0.135. The van der Waals surface area contributed by atoms with Gasteiger partial charge < -0.3 is 15.4 Å². The van der Waals surface area contributed by atoms with Gasteiger partial charge in [-0.3, -0.25) is 9.89 Å². The summed E-state index contributed by atoms with van der Waals surface area (Å²) in [6.07, 6.45) is 4.62. The number of hydrogen-bond donors (Lipinski definition) is 3. The Morgan fingerprint density at radius 1 is 1.48 bits per heavy atom. The third kappa shape index (κ3) is 2.46. The van der Waals surface area contributed by atoms with Crippen molar-refractivity contribution in [2.75, 3.05) is 31.6 Å². The summed E-state index contributed by atoms with van der Waals surface area (Å²) in [5.74, 6) is 1.86. The highest BCUT2D eigenvalue weighted by Gasteiger charge is 2.51. The molecule has 6 nitrogen and oxygen atoms in total. The van der Waals surface area contributed by atoms with Crippen molar-refractivity contribution in [1.82, 2.24) is 15.5 Å². The van der Waals surface area contributed by atoms with Gasteiger partial charge in [-0.05, 0) is 44.1 Å². The molecule has 1 aliphatic carbocycles. The molecule has 1 aromatic rings. The number of hydrogen-bond acceptors (Lipinski definition) is 4. The molecule has 1 saturated carbocycles. The zero-order valence-electron chi connectivity index (χ0n) is 12.2. The molecule has 0 unspecified atom stereocenters. The van der Waals surface area contributed by atoms with E-state index in [4.69, 9.17) is 4.74 Å². The van der Waals surface area contributed by atoms with Crippen molar-refractivity contribution >= 4 is 11.7 Å². The van der Waals surface area contributed by atoms with Crippen LogP contribution in [0, 0.1) is 17.3 Å². The molecular weight excluding hydrogens is 268 g/mol. The van der Waals surface area contributed by atoms with Crippen LogP contribution in [-0.4, -0.2) is 42.4 Å². The monoisotopic (exact) mass is 290 g/mol. The number of fused-ring (bicyclic) bond motifs is 1. The molecule has 114 valence electrons. The molecule has 0 aromatic carbocycles. The molecule has 6 heteroatoms. The second-order valence-electron chi connectivity index (χ2n) is 6.71. The van der Waals surface area contributed by atoms with Crippen molar-refractivity contribution in [2.24, 2.45) is 17.3 Å². The largest absolute Gasteiger partial charge is 0.380 e. The van der Waals surface area contributed by atoms with Crippen LogP contribution in [-0.2, 0) is 16.0 Å². The number of anilines is 1. The van der Waals surface area contributed by atoms with Gasteiger partial charge >= 0.3 is 0 Å². The second kappa shape index (κ2) is 5.10. The minimum Gasteiger partial charge on any atom is -0.380 e. The minimum absolute atomic E-state index is 0.0432. The number of amides is 1. The van der Waals surface area contributed by atoms with Crippen LogP contribution in [0.5, 0.6) is 0 Å². The van der Waals surface area contributed by atoms with E-state index in [2.05, 4.69) is 20.8 Å². The number of carbonyl (C=O) groups is 1. The van der Waals surface area contributed by atoms with E-state index >= 15 is 0 Å². The Hall–Kier alpha value is -1.40. The van der Waals surface area contributed by atoms with E-state index in [9.17, 15) is 4.79 Å². The number of aromatic nitrogens is 2. The fourth-order valence-electron chi connectivity index (χ4n) is 3.57. The number of carbonyl (C=O) groups excluding carboxylic acids is 1. The van der Waals surface area contributed by atoms with Gasteiger partial charge in [0, 0.05) is 24.9 Å². The number of nitrogens with zero attached hydrogens (tertiary/aromatic N) is 1. The van der Waals surface area contributed by atoms with Crippen LogP contribution in [0.2, 0.25) is 0 Å². The van der Waals surface area contributed by atoms with Gasteiger partial charge in [0.1, 0.15) is 0 Å². The summed E-state index contributed by atoms with van der Waals surface area (Å²) in [5, 5.41) is 13.6. The molecule has 1 amide bonds. The lowest BCUT2D eigenvalue weighted by Gasteiger charge is -2.36. The Kier molecular flexibility index (Phi) is 3.23. The van der Waals surface area contributed by atoms with E-state index in [1.54, 1.807) is 0 Å². The van der Waals surface area contributed by atoms with E-state index in [0.29, 0.717) is 24.9 Å². The first-order valence-corrected chi connectivity index (χ1v) is 7.90. The molecule has 0 spiro atoms. The third-order valence-corrected chi connectivity index (χ3v) is 5.11. The van der Waals surface area contributed by atoms with Crippen LogP contribution >= 0.6 is 0 Å². The van der Waals surface area contributed by atoms with Crippen molar-refractivity contribution in [3.8, 4) is 0 Å². The van der Waals surface area contributed by atoms with Gasteiger partial charge in [0.25, 0.3) is 0 Å². The smallest absolute Gasteiger partial charge is 0.235 e. The minimum atomic E-state index is -0.423. The Morgan fingerprint density at radius 2 is 2.38 bits per heavy atom. The van der Waals surface area contributed by atoms with Gasteiger partial charge in [0.15, 0.2) is 5.82 Å². The first-order chi connectivity index (χ1) is 10.3.